The minimum Gasteiger partial charge on any atom is -0.254 e. The molecule has 0 amide bonds. The van der Waals surface area contributed by atoms with E-state index < -0.39 is 0 Å². The molecule has 0 atom stereocenters. The van der Waals surface area contributed by atoms with Gasteiger partial charge in [-0.3, -0.25) is 4.98 Å². The lowest BCUT2D eigenvalue weighted by Crippen LogP contribution is -1.92. The van der Waals surface area contributed by atoms with Gasteiger partial charge in [-0.25, -0.2) is 4.98 Å². The molecule has 0 radical (unpaired) electrons. The summed E-state index contributed by atoms with van der Waals surface area (Å²) in [7, 11) is 0. The molecule has 2 heteroatoms. The summed E-state index contributed by atoms with van der Waals surface area (Å²) in [6.07, 6.45) is 1.96. The van der Waals surface area contributed by atoms with Gasteiger partial charge in [0, 0.05) is 22.5 Å². The maximum Gasteiger partial charge on any atom is 0.0972 e. The minimum absolute atomic E-state index is 0.879. The van der Waals surface area contributed by atoms with E-state index >= 15 is 0 Å². The van der Waals surface area contributed by atoms with E-state index in [1.165, 1.54) is 38.1 Å². The van der Waals surface area contributed by atoms with Gasteiger partial charge in [0.1, 0.15) is 0 Å². The van der Waals surface area contributed by atoms with Gasteiger partial charge in [0.2, 0.25) is 0 Å². The van der Waals surface area contributed by atoms with Crippen molar-refractivity contribution in [3.8, 4) is 33.6 Å². The van der Waals surface area contributed by atoms with Crippen LogP contribution in [-0.2, 0) is 0 Å². The van der Waals surface area contributed by atoms with Gasteiger partial charge in [-0.2, -0.15) is 0 Å². The second kappa shape index (κ2) is 9.14. The molecule has 0 saturated heterocycles. The molecule has 6 aromatic carbocycles. The van der Waals surface area contributed by atoms with Crippen molar-refractivity contribution in [2.45, 2.75) is 0 Å². The third-order valence-corrected chi connectivity index (χ3v) is 7.89. The van der Waals surface area contributed by atoms with E-state index in [2.05, 4.69) is 133 Å². The van der Waals surface area contributed by atoms with Gasteiger partial charge in [-0.15, -0.1) is 0 Å². The predicted molar refractivity (Wildman–Crippen MR) is 168 cm³/mol. The fourth-order valence-corrected chi connectivity index (χ4v) is 5.96. The number of benzene rings is 6. The van der Waals surface area contributed by atoms with Gasteiger partial charge in [0.25, 0.3) is 0 Å². The third-order valence-electron chi connectivity index (χ3n) is 7.89. The molecular formula is C38H24N2. The Morgan fingerprint density at radius 1 is 0.400 bits per heavy atom. The van der Waals surface area contributed by atoms with Crippen LogP contribution in [0.2, 0.25) is 0 Å². The molecule has 0 bridgehead atoms. The molecule has 0 spiro atoms. The highest BCUT2D eigenvalue weighted by atomic mass is 14.8. The van der Waals surface area contributed by atoms with E-state index in [1.54, 1.807) is 0 Å². The summed E-state index contributed by atoms with van der Waals surface area (Å²) in [4.78, 5) is 9.89. The number of fused-ring (bicyclic) bond motifs is 5. The zero-order chi connectivity index (χ0) is 26.5. The molecule has 0 aliphatic heterocycles. The quantitative estimate of drug-likeness (QED) is 0.175. The van der Waals surface area contributed by atoms with Crippen molar-refractivity contribution in [1.82, 2.24) is 9.97 Å². The number of nitrogens with zero attached hydrogens (tertiary/aromatic N) is 2. The van der Waals surface area contributed by atoms with E-state index in [0.29, 0.717) is 0 Å². The number of pyridine rings is 2. The van der Waals surface area contributed by atoms with Gasteiger partial charge < -0.3 is 0 Å². The molecule has 2 nitrogen and oxygen atoms in total. The number of rotatable bonds is 3. The van der Waals surface area contributed by atoms with Crippen LogP contribution in [0.25, 0.3) is 76.9 Å². The van der Waals surface area contributed by atoms with E-state index in [-0.39, 0.29) is 0 Å². The first-order chi connectivity index (χ1) is 19.8. The lowest BCUT2D eigenvalue weighted by Gasteiger charge is -2.13. The highest BCUT2D eigenvalue weighted by molar-refractivity contribution is 6.13. The standard InChI is InChI=1S/C38H24N2/c1-3-11-30-27(9-1)23-28-10-2-4-12-31(28)37(30)26-19-17-25(18-20-26)29-21-22-36(39-24-29)38-34-15-6-5-13-32(34)33-14-7-8-16-35(33)40-38/h1-24H. The first-order valence-corrected chi connectivity index (χ1v) is 13.6. The summed E-state index contributed by atoms with van der Waals surface area (Å²) in [5.74, 6) is 0. The molecule has 8 aromatic rings. The Bertz CT molecular complexity index is 2140. The van der Waals surface area contributed by atoms with Crippen molar-refractivity contribution in [3.63, 3.8) is 0 Å². The lowest BCUT2D eigenvalue weighted by atomic mass is 9.91. The lowest BCUT2D eigenvalue weighted by molar-refractivity contribution is 1.29. The van der Waals surface area contributed by atoms with E-state index in [0.717, 1.165) is 38.8 Å². The molecule has 0 N–H and O–H groups in total. The van der Waals surface area contributed by atoms with Crippen LogP contribution in [0.5, 0.6) is 0 Å². The van der Waals surface area contributed by atoms with Crippen LogP contribution in [0, 0.1) is 0 Å². The van der Waals surface area contributed by atoms with Crippen LogP contribution in [0.1, 0.15) is 0 Å². The van der Waals surface area contributed by atoms with Crippen LogP contribution in [0.15, 0.2) is 146 Å². The van der Waals surface area contributed by atoms with E-state index in [4.69, 9.17) is 9.97 Å². The molecule has 40 heavy (non-hydrogen) atoms. The van der Waals surface area contributed by atoms with Crippen LogP contribution in [0.4, 0.5) is 0 Å². The molecule has 0 unspecified atom stereocenters. The number of hydrogen-bond acceptors (Lipinski definition) is 2. The molecule has 0 aliphatic rings. The van der Waals surface area contributed by atoms with Crippen molar-refractivity contribution in [2.75, 3.05) is 0 Å². The van der Waals surface area contributed by atoms with Gasteiger partial charge in [0.05, 0.1) is 16.9 Å². The van der Waals surface area contributed by atoms with Crippen molar-refractivity contribution in [1.29, 1.82) is 0 Å². The van der Waals surface area contributed by atoms with Gasteiger partial charge in [-0.1, -0.05) is 121 Å². The fourth-order valence-electron chi connectivity index (χ4n) is 5.96. The zero-order valence-electron chi connectivity index (χ0n) is 21.8. The summed E-state index contributed by atoms with van der Waals surface area (Å²) in [5.41, 5.74) is 7.50. The molecule has 0 fully saturated rings. The minimum atomic E-state index is 0.879. The fraction of sp³-hybridized carbons (Fsp3) is 0. The van der Waals surface area contributed by atoms with Crippen molar-refractivity contribution in [3.05, 3.63) is 146 Å². The Labute approximate surface area is 232 Å². The zero-order valence-corrected chi connectivity index (χ0v) is 21.8. The Balaban J connectivity index is 1.19. The summed E-state index contributed by atoms with van der Waals surface area (Å²) >= 11 is 0. The average molecular weight is 509 g/mol. The summed E-state index contributed by atoms with van der Waals surface area (Å²) in [5, 5.41) is 8.55. The predicted octanol–water partition coefficient (Wildman–Crippen LogP) is 10.1. The number of para-hydroxylation sites is 1. The SMILES string of the molecule is c1ccc2c(-c3ccc(-c4ccc(-c5nc6ccccc6c6ccccc56)nc4)cc3)c3ccccc3cc2c1. The highest BCUT2D eigenvalue weighted by Crippen LogP contribution is 2.37. The Morgan fingerprint density at radius 2 is 0.950 bits per heavy atom. The third kappa shape index (κ3) is 3.65. The Kier molecular flexibility index (Phi) is 5.17. The summed E-state index contributed by atoms with van der Waals surface area (Å²) in [6, 6.07) is 49.4. The van der Waals surface area contributed by atoms with Gasteiger partial charge in [0.15, 0.2) is 0 Å². The van der Waals surface area contributed by atoms with Crippen LogP contribution >= 0.6 is 0 Å². The largest absolute Gasteiger partial charge is 0.254 e. The van der Waals surface area contributed by atoms with Gasteiger partial charge >= 0.3 is 0 Å². The van der Waals surface area contributed by atoms with Crippen molar-refractivity contribution in [2.24, 2.45) is 0 Å². The maximum absolute atomic E-state index is 5.01. The Morgan fingerprint density at radius 3 is 1.62 bits per heavy atom. The number of aromatic nitrogens is 2. The molecule has 0 saturated carbocycles. The topological polar surface area (TPSA) is 25.8 Å². The van der Waals surface area contributed by atoms with Crippen molar-refractivity contribution < 1.29 is 0 Å². The molecule has 2 heterocycles. The molecule has 8 rings (SSSR count). The maximum atomic E-state index is 5.01. The van der Waals surface area contributed by atoms with Crippen LogP contribution < -0.4 is 0 Å². The smallest absolute Gasteiger partial charge is 0.0972 e. The Hall–Kier alpha value is -5.34. The molecule has 2 aromatic heterocycles. The monoisotopic (exact) mass is 508 g/mol. The van der Waals surface area contributed by atoms with E-state index in [9.17, 15) is 0 Å². The summed E-state index contributed by atoms with van der Waals surface area (Å²) < 4.78 is 0. The average Bonchev–Trinajstić information content (AvgIpc) is 3.03. The first-order valence-electron chi connectivity index (χ1n) is 13.6. The van der Waals surface area contributed by atoms with Crippen molar-refractivity contribution >= 4 is 43.2 Å². The van der Waals surface area contributed by atoms with Gasteiger partial charge in [-0.05, 0) is 61.8 Å². The second-order valence-corrected chi connectivity index (χ2v) is 10.2. The van der Waals surface area contributed by atoms with Crippen LogP contribution in [-0.4, -0.2) is 9.97 Å². The summed E-state index contributed by atoms with van der Waals surface area (Å²) in [6.45, 7) is 0. The normalized spacial score (nSPS) is 11.5. The highest BCUT2D eigenvalue weighted by Gasteiger charge is 2.13. The molecular weight excluding hydrogens is 484 g/mol. The first kappa shape index (κ1) is 22.6. The molecule has 186 valence electrons. The van der Waals surface area contributed by atoms with E-state index in [1.807, 2.05) is 12.3 Å². The second-order valence-electron chi connectivity index (χ2n) is 10.2. The number of hydrogen-bond donors (Lipinski definition) is 0. The molecule has 0 aliphatic carbocycles. The van der Waals surface area contributed by atoms with Crippen LogP contribution in [0.3, 0.4) is 0 Å².